The molecule has 0 fully saturated rings. The minimum Gasteiger partial charge on any atom is -0.508 e. The number of benzene rings is 2. The van der Waals surface area contributed by atoms with Crippen molar-refractivity contribution in [2.75, 3.05) is 5.32 Å². The summed E-state index contributed by atoms with van der Waals surface area (Å²) in [6.07, 6.45) is -1.36. The van der Waals surface area contributed by atoms with Gasteiger partial charge in [0.05, 0.1) is 16.9 Å². The summed E-state index contributed by atoms with van der Waals surface area (Å²) in [6, 6.07) is 6.63. The van der Waals surface area contributed by atoms with Gasteiger partial charge in [0, 0.05) is 29.1 Å². The molecule has 0 aliphatic carbocycles. The van der Waals surface area contributed by atoms with Gasteiger partial charge in [-0.25, -0.2) is 13.6 Å². The number of phenols is 1. The number of rotatable bonds is 2. The Morgan fingerprint density at radius 2 is 1.79 bits per heavy atom. The zero-order valence-electron chi connectivity index (χ0n) is 11.9. The minimum atomic E-state index is -1.36. The Kier molecular flexibility index (Phi) is 3.64. The first kappa shape index (κ1) is 15.5. The number of halogens is 2. The smallest absolute Gasteiger partial charge is 0.409 e. The van der Waals surface area contributed by atoms with Gasteiger partial charge in [0.15, 0.2) is 17.1 Å². The van der Waals surface area contributed by atoms with Crippen molar-refractivity contribution < 1.29 is 23.8 Å². The van der Waals surface area contributed by atoms with E-state index in [2.05, 4.69) is 10.3 Å². The number of H-pyrrole nitrogens is 1. The van der Waals surface area contributed by atoms with E-state index in [-0.39, 0.29) is 33.6 Å². The van der Waals surface area contributed by atoms with Crippen molar-refractivity contribution in [3.8, 4) is 17.0 Å². The number of carbonyl (C=O) groups is 1. The van der Waals surface area contributed by atoms with Gasteiger partial charge in [-0.3, -0.25) is 10.1 Å². The molecule has 0 saturated heterocycles. The van der Waals surface area contributed by atoms with E-state index in [0.717, 1.165) is 24.3 Å². The van der Waals surface area contributed by atoms with Crippen LogP contribution < -0.4 is 10.7 Å². The fraction of sp³-hybridized carbons (Fsp3) is 0. The van der Waals surface area contributed by atoms with Gasteiger partial charge in [-0.2, -0.15) is 0 Å². The fourth-order valence-electron chi connectivity index (χ4n) is 2.37. The number of pyridine rings is 1. The van der Waals surface area contributed by atoms with Crippen LogP contribution in [0, 0.1) is 11.6 Å². The number of amides is 1. The Bertz CT molecular complexity index is 1030. The summed E-state index contributed by atoms with van der Waals surface area (Å²) in [7, 11) is 0. The number of aromatic nitrogens is 1. The number of fused-ring (bicyclic) bond motifs is 1. The number of hydrogen-bond donors (Lipinski definition) is 4. The Balaban J connectivity index is 2.25. The third-order valence-electron chi connectivity index (χ3n) is 3.41. The fourth-order valence-corrected chi connectivity index (χ4v) is 2.37. The molecule has 3 aromatic rings. The average Bonchev–Trinajstić information content (AvgIpc) is 2.48. The molecule has 6 nitrogen and oxygen atoms in total. The van der Waals surface area contributed by atoms with Gasteiger partial charge in [-0.05, 0) is 18.2 Å². The third kappa shape index (κ3) is 2.76. The second kappa shape index (κ2) is 5.65. The molecule has 1 amide bonds. The molecule has 2 aromatic carbocycles. The molecular formula is C16H10F2N2O4. The highest BCUT2D eigenvalue weighted by Gasteiger charge is 2.13. The molecule has 0 unspecified atom stereocenters. The van der Waals surface area contributed by atoms with Crippen LogP contribution in [-0.2, 0) is 0 Å². The van der Waals surface area contributed by atoms with E-state index in [1.807, 2.05) is 0 Å². The van der Waals surface area contributed by atoms with Crippen molar-refractivity contribution in [3.63, 3.8) is 0 Å². The monoisotopic (exact) mass is 332 g/mol. The van der Waals surface area contributed by atoms with E-state index >= 15 is 0 Å². The number of phenolic OH excluding ortho intramolecular Hbond substituents is 1. The van der Waals surface area contributed by atoms with Gasteiger partial charge in [0.25, 0.3) is 0 Å². The molecule has 8 heteroatoms. The lowest BCUT2D eigenvalue weighted by molar-refractivity contribution is 0.210. The maximum Gasteiger partial charge on any atom is 0.409 e. The maximum absolute atomic E-state index is 13.4. The van der Waals surface area contributed by atoms with Gasteiger partial charge in [0.1, 0.15) is 5.75 Å². The molecule has 122 valence electrons. The van der Waals surface area contributed by atoms with E-state index in [4.69, 9.17) is 5.11 Å². The topological polar surface area (TPSA) is 102 Å². The molecule has 0 atom stereocenters. The second-order valence-corrected chi connectivity index (χ2v) is 5.02. The van der Waals surface area contributed by atoms with Gasteiger partial charge >= 0.3 is 6.09 Å². The molecule has 24 heavy (non-hydrogen) atoms. The van der Waals surface area contributed by atoms with Gasteiger partial charge in [0.2, 0.25) is 0 Å². The van der Waals surface area contributed by atoms with Crippen molar-refractivity contribution in [3.05, 3.63) is 58.3 Å². The normalized spacial score (nSPS) is 10.8. The number of nitrogens with one attached hydrogen (secondary N) is 2. The summed E-state index contributed by atoms with van der Waals surface area (Å²) in [5.74, 6) is -2.44. The highest BCUT2D eigenvalue weighted by atomic mass is 19.2. The van der Waals surface area contributed by atoms with E-state index in [1.54, 1.807) is 0 Å². The van der Waals surface area contributed by atoms with Crippen LogP contribution in [0.4, 0.5) is 19.3 Å². The largest absolute Gasteiger partial charge is 0.508 e. The summed E-state index contributed by atoms with van der Waals surface area (Å²) in [4.78, 5) is 25.8. The van der Waals surface area contributed by atoms with Crippen molar-refractivity contribution in [2.24, 2.45) is 0 Å². The molecule has 0 aliphatic rings. The molecule has 4 N–H and O–H groups in total. The van der Waals surface area contributed by atoms with E-state index in [9.17, 15) is 23.5 Å². The Hall–Kier alpha value is -3.42. The number of aromatic hydroxyl groups is 1. The lowest BCUT2D eigenvalue weighted by Gasteiger charge is -2.11. The van der Waals surface area contributed by atoms with E-state index in [1.165, 1.54) is 12.1 Å². The summed E-state index contributed by atoms with van der Waals surface area (Å²) in [5, 5.41) is 20.4. The number of carboxylic acid groups (broad SMARTS) is 1. The van der Waals surface area contributed by atoms with Crippen molar-refractivity contribution in [1.82, 2.24) is 4.98 Å². The lowest BCUT2D eigenvalue weighted by Crippen LogP contribution is -2.09. The molecule has 3 rings (SSSR count). The Morgan fingerprint density at radius 1 is 1.08 bits per heavy atom. The van der Waals surface area contributed by atoms with Crippen LogP contribution in [0.5, 0.6) is 5.75 Å². The summed E-state index contributed by atoms with van der Waals surface area (Å²) >= 11 is 0. The standard InChI is InChI=1S/C16H10F2N2O4/c17-10-4-9-13(5-11(10)18)19-14(6-15(9)22)8-2-1-7(21)3-12(8)20-16(23)24/h1-6,20-21H,(H,19,22)(H,23,24). The number of aromatic amines is 1. The van der Waals surface area contributed by atoms with Gasteiger partial charge < -0.3 is 15.2 Å². The summed E-state index contributed by atoms with van der Waals surface area (Å²) in [6.45, 7) is 0. The Labute approximate surface area is 133 Å². The first-order valence-electron chi connectivity index (χ1n) is 6.70. The van der Waals surface area contributed by atoms with Crippen LogP contribution in [0.15, 0.2) is 41.2 Å². The lowest BCUT2D eigenvalue weighted by atomic mass is 10.1. The zero-order chi connectivity index (χ0) is 17.4. The van der Waals surface area contributed by atoms with Crippen molar-refractivity contribution in [1.29, 1.82) is 0 Å². The van der Waals surface area contributed by atoms with E-state index < -0.39 is 23.2 Å². The summed E-state index contributed by atoms with van der Waals surface area (Å²) in [5.41, 5.74) is -0.0287. The number of anilines is 1. The molecule has 0 bridgehead atoms. The molecule has 0 spiro atoms. The molecule has 1 aromatic heterocycles. The van der Waals surface area contributed by atoms with Crippen LogP contribution in [0.1, 0.15) is 0 Å². The highest BCUT2D eigenvalue weighted by molar-refractivity contribution is 5.91. The average molecular weight is 332 g/mol. The molecule has 1 heterocycles. The SMILES string of the molecule is O=C(O)Nc1cc(O)ccc1-c1cc(=O)c2cc(F)c(F)cc2[nH]1. The molecule has 0 saturated carbocycles. The van der Waals surface area contributed by atoms with Crippen LogP contribution in [-0.4, -0.2) is 21.3 Å². The summed E-state index contributed by atoms with van der Waals surface area (Å²) < 4.78 is 26.7. The number of hydrogen-bond acceptors (Lipinski definition) is 3. The predicted octanol–water partition coefficient (Wildman–Crippen LogP) is 3.27. The van der Waals surface area contributed by atoms with Gasteiger partial charge in [-0.15, -0.1) is 0 Å². The van der Waals surface area contributed by atoms with Crippen molar-refractivity contribution >= 4 is 22.7 Å². The maximum atomic E-state index is 13.4. The highest BCUT2D eigenvalue weighted by Crippen LogP contribution is 2.30. The predicted molar refractivity (Wildman–Crippen MR) is 83.2 cm³/mol. The zero-order valence-corrected chi connectivity index (χ0v) is 11.9. The van der Waals surface area contributed by atoms with Crippen LogP contribution in [0.2, 0.25) is 0 Å². The van der Waals surface area contributed by atoms with E-state index in [0.29, 0.717) is 0 Å². The van der Waals surface area contributed by atoms with Crippen LogP contribution in [0.3, 0.4) is 0 Å². The first-order valence-corrected chi connectivity index (χ1v) is 6.70. The second-order valence-electron chi connectivity index (χ2n) is 5.02. The quantitative estimate of drug-likeness (QED) is 0.578. The Morgan fingerprint density at radius 3 is 2.50 bits per heavy atom. The van der Waals surface area contributed by atoms with Crippen molar-refractivity contribution in [2.45, 2.75) is 0 Å². The van der Waals surface area contributed by atoms with Gasteiger partial charge in [-0.1, -0.05) is 0 Å². The molecular weight excluding hydrogens is 322 g/mol. The molecule has 0 radical (unpaired) electrons. The molecule has 0 aliphatic heterocycles. The third-order valence-corrected chi connectivity index (χ3v) is 3.41. The van der Waals surface area contributed by atoms with Crippen LogP contribution in [0.25, 0.3) is 22.2 Å². The first-order chi connectivity index (χ1) is 11.3. The van der Waals surface area contributed by atoms with Crippen LogP contribution >= 0.6 is 0 Å². The minimum absolute atomic E-state index is 0.0279.